The monoisotopic (exact) mass is 701 g/mol. The lowest BCUT2D eigenvalue weighted by atomic mass is 10.1. The molecule has 5 amide bonds. The molecular weight excluding hydrogens is 654 g/mol. The summed E-state index contributed by atoms with van der Waals surface area (Å²) in [7, 11) is 4.62. The highest BCUT2D eigenvalue weighted by atomic mass is 16.5. The van der Waals surface area contributed by atoms with E-state index in [2.05, 4.69) is 16.0 Å². The quantitative estimate of drug-likeness (QED) is 0.272. The summed E-state index contributed by atoms with van der Waals surface area (Å²) in [6.07, 6.45) is 1.25. The third kappa shape index (κ3) is 11.2. The van der Waals surface area contributed by atoms with Crippen LogP contribution in [0, 0.1) is 0 Å². The van der Waals surface area contributed by atoms with E-state index in [1.54, 1.807) is 45.4 Å². The Morgan fingerprint density at radius 1 is 0.882 bits per heavy atom. The summed E-state index contributed by atoms with van der Waals surface area (Å²) >= 11 is 0. The predicted molar refractivity (Wildman–Crippen MR) is 191 cm³/mol. The van der Waals surface area contributed by atoms with Crippen molar-refractivity contribution < 1.29 is 38.2 Å². The topological polar surface area (TPSA) is 156 Å². The molecule has 0 spiro atoms. The summed E-state index contributed by atoms with van der Waals surface area (Å²) in [5.41, 5.74) is 2.11. The second-order valence-electron chi connectivity index (χ2n) is 12.2. The summed E-state index contributed by atoms with van der Waals surface area (Å²) in [6, 6.07) is 20.0. The van der Waals surface area contributed by atoms with Crippen LogP contribution in [0.4, 0.5) is 0 Å². The second kappa shape index (κ2) is 19.0. The number of likely N-dealkylation sites (N-methyl/N-ethyl adjacent to an activating group) is 2. The predicted octanol–water partition coefficient (Wildman–Crippen LogP) is 2.37. The fourth-order valence-electron chi connectivity index (χ4n) is 5.67. The number of carbonyl (C=O) groups is 5. The maximum atomic E-state index is 13.7. The lowest BCUT2D eigenvalue weighted by molar-refractivity contribution is -0.142. The van der Waals surface area contributed by atoms with Gasteiger partial charge in [0.05, 0.1) is 45.3 Å². The van der Waals surface area contributed by atoms with Crippen molar-refractivity contribution in [2.45, 2.75) is 44.7 Å². The highest BCUT2D eigenvalue weighted by Gasteiger charge is 2.29. The van der Waals surface area contributed by atoms with Crippen LogP contribution in [-0.4, -0.2) is 105 Å². The molecule has 13 heteroatoms. The Kier molecular flexibility index (Phi) is 14.2. The minimum atomic E-state index is -1.24. The van der Waals surface area contributed by atoms with E-state index in [0.29, 0.717) is 30.8 Å². The fraction of sp³-hybridized carbons (Fsp3) is 0.395. The van der Waals surface area contributed by atoms with Gasteiger partial charge in [-0.3, -0.25) is 24.0 Å². The maximum absolute atomic E-state index is 13.7. The number of para-hydroxylation sites is 1. The molecule has 3 aromatic carbocycles. The standard InChI is InChI=1S/C38H47N5O8/c1-5-43-24-36(46)42(2)23-34(44)40-28(20-26-12-7-6-8-13-26)25-51-31-16-10-9-15-29(31)37(47)41-30(22-35(43)45)38(48)39-19-11-14-27-17-18-32(49-3)33(21-27)50-4/h6-10,12-13,15-18,21,28,30H,5,11,14,19-20,22-25H2,1-4H3,(H,39,48)(H,40,44)(H,41,47)/t28-,30+/m1/s1. The largest absolute Gasteiger partial charge is 0.493 e. The van der Waals surface area contributed by atoms with Gasteiger partial charge >= 0.3 is 0 Å². The maximum Gasteiger partial charge on any atom is 0.255 e. The molecule has 51 heavy (non-hydrogen) atoms. The first-order valence-corrected chi connectivity index (χ1v) is 17.0. The first-order chi connectivity index (χ1) is 24.6. The molecule has 0 bridgehead atoms. The van der Waals surface area contributed by atoms with Gasteiger partial charge in [-0.25, -0.2) is 0 Å². The lowest BCUT2D eigenvalue weighted by Crippen LogP contribution is -2.51. The van der Waals surface area contributed by atoms with Gasteiger partial charge in [-0.05, 0) is 61.6 Å². The molecular formula is C38H47N5O8. The molecule has 0 radical (unpaired) electrons. The van der Waals surface area contributed by atoms with Gasteiger partial charge in [-0.2, -0.15) is 0 Å². The molecule has 2 atom stereocenters. The van der Waals surface area contributed by atoms with Crippen molar-refractivity contribution in [1.29, 1.82) is 0 Å². The number of fused-ring (bicyclic) bond motifs is 1. The van der Waals surface area contributed by atoms with Crippen molar-refractivity contribution in [3.05, 3.63) is 89.5 Å². The van der Waals surface area contributed by atoms with Crippen LogP contribution >= 0.6 is 0 Å². The first kappa shape index (κ1) is 38.2. The van der Waals surface area contributed by atoms with Crippen molar-refractivity contribution in [1.82, 2.24) is 25.8 Å². The number of aryl methyl sites for hydroxylation is 1. The molecule has 0 aromatic heterocycles. The molecule has 1 aliphatic rings. The average Bonchev–Trinajstić information content (AvgIpc) is 3.13. The molecule has 0 aliphatic carbocycles. The molecule has 4 rings (SSSR count). The van der Waals surface area contributed by atoms with Gasteiger partial charge in [0.25, 0.3) is 5.91 Å². The number of rotatable bonds is 10. The highest BCUT2D eigenvalue weighted by Crippen LogP contribution is 2.28. The molecule has 3 aromatic rings. The number of carbonyl (C=O) groups excluding carboxylic acids is 5. The Morgan fingerprint density at radius 3 is 2.33 bits per heavy atom. The molecule has 3 N–H and O–H groups in total. The van der Waals surface area contributed by atoms with Gasteiger partial charge in [0.15, 0.2) is 11.5 Å². The van der Waals surface area contributed by atoms with Gasteiger partial charge in [0.1, 0.15) is 18.4 Å². The summed E-state index contributed by atoms with van der Waals surface area (Å²) in [4.78, 5) is 69.6. The Bertz CT molecular complexity index is 1670. The van der Waals surface area contributed by atoms with Crippen LogP contribution in [0.1, 0.15) is 41.3 Å². The van der Waals surface area contributed by atoms with E-state index >= 15 is 0 Å². The van der Waals surface area contributed by atoms with E-state index in [9.17, 15) is 24.0 Å². The van der Waals surface area contributed by atoms with E-state index in [1.165, 1.54) is 16.8 Å². The van der Waals surface area contributed by atoms with Gasteiger partial charge in [-0.15, -0.1) is 0 Å². The zero-order chi connectivity index (χ0) is 36.8. The number of nitrogens with zero attached hydrogens (tertiary/aromatic N) is 2. The molecule has 0 saturated heterocycles. The fourth-order valence-corrected chi connectivity index (χ4v) is 5.67. The van der Waals surface area contributed by atoms with Crippen LogP contribution in [0.15, 0.2) is 72.8 Å². The number of ether oxygens (including phenoxy) is 3. The summed E-state index contributed by atoms with van der Waals surface area (Å²) in [5, 5.41) is 8.53. The molecule has 272 valence electrons. The lowest BCUT2D eigenvalue weighted by Gasteiger charge is -2.26. The molecule has 13 nitrogen and oxygen atoms in total. The molecule has 0 fully saturated rings. The average molecular weight is 702 g/mol. The third-order valence-electron chi connectivity index (χ3n) is 8.52. The van der Waals surface area contributed by atoms with Crippen molar-refractivity contribution >= 4 is 29.5 Å². The van der Waals surface area contributed by atoms with Gasteiger partial charge in [0, 0.05) is 20.1 Å². The molecule has 0 unspecified atom stereocenters. The number of methoxy groups -OCH3 is 2. The van der Waals surface area contributed by atoms with E-state index in [0.717, 1.165) is 11.1 Å². The minimum Gasteiger partial charge on any atom is -0.493 e. The van der Waals surface area contributed by atoms with E-state index < -0.39 is 41.6 Å². The van der Waals surface area contributed by atoms with E-state index in [-0.39, 0.29) is 50.5 Å². The van der Waals surface area contributed by atoms with Crippen LogP contribution in [0.3, 0.4) is 0 Å². The number of hydrogen-bond donors (Lipinski definition) is 3. The zero-order valence-electron chi connectivity index (χ0n) is 29.6. The van der Waals surface area contributed by atoms with Gasteiger partial charge in [-0.1, -0.05) is 48.5 Å². The Morgan fingerprint density at radius 2 is 1.61 bits per heavy atom. The Balaban J connectivity index is 1.54. The smallest absolute Gasteiger partial charge is 0.255 e. The Labute approximate surface area is 298 Å². The summed E-state index contributed by atoms with van der Waals surface area (Å²) in [6.45, 7) is 1.65. The van der Waals surface area contributed by atoms with Crippen LogP contribution in [-0.2, 0) is 32.0 Å². The Hall–Kier alpha value is -5.59. The molecule has 1 aliphatic heterocycles. The zero-order valence-corrected chi connectivity index (χ0v) is 29.6. The minimum absolute atomic E-state index is 0.0225. The van der Waals surface area contributed by atoms with Crippen LogP contribution in [0.2, 0.25) is 0 Å². The second-order valence-corrected chi connectivity index (χ2v) is 12.2. The van der Waals surface area contributed by atoms with E-state index in [4.69, 9.17) is 14.2 Å². The van der Waals surface area contributed by atoms with Gasteiger partial charge in [0.2, 0.25) is 23.6 Å². The number of hydrogen-bond acceptors (Lipinski definition) is 8. The van der Waals surface area contributed by atoms with Gasteiger partial charge < -0.3 is 40.0 Å². The SMILES string of the molecule is CCN1CC(=O)N(C)CC(=O)N[C@H](Cc2ccccc2)COc2ccccc2C(=O)N[C@H](C(=O)NCCCc2ccc(OC)c(OC)c2)CC1=O. The van der Waals surface area contributed by atoms with Crippen molar-refractivity contribution in [3.8, 4) is 17.2 Å². The van der Waals surface area contributed by atoms with Crippen molar-refractivity contribution in [2.75, 3.05) is 54.1 Å². The van der Waals surface area contributed by atoms with Crippen molar-refractivity contribution in [3.63, 3.8) is 0 Å². The molecule has 0 saturated carbocycles. The van der Waals surface area contributed by atoms with E-state index in [1.807, 2.05) is 48.5 Å². The normalized spacial score (nSPS) is 17.7. The third-order valence-corrected chi connectivity index (χ3v) is 8.52. The highest BCUT2D eigenvalue weighted by molar-refractivity contribution is 6.01. The van der Waals surface area contributed by atoms with Crippen molar-refractivity contribution in [2.24, 2.45) is 0 Å². The molecule has 1 heterocycles. The summed E-state index contributed by atoms with van der Waals surface area (Å²) < 4.78 is 16.8. The summed E-state index contributed by atoms with van der Waals surface area (Å²) in [5.74, 6) is -1.06. The number of nitrogens with one attached hydrogen (secondary N) is 3. The first-order valence-electron chi connectivity index (χ1n) is 17.0. The number of amides is 5. The van der Waals surface area contributed by atoms with Crippen LogP contribution in [0.25, 0.3) is 0 Å². The number of benzene rings is 3. The van der Waals surface area contributed by atoms with Crippen LogP contribution in [0.5, 0.6) is 17.2 Å². The van der Waals surface area contributed by atoms with Crippen LogP contribution < -0.4 is 30.2 Å².